The predicted octanol–water partition coefficient (Wildman–Crippen LogP) is 15.5. The molecule has 0 saturated carbocycles. The van der Waals surface area contributed by atoms with Gasteiger partial charge in [0.2, 0.25) is 5.91 Å². The molecule has 1 saturated heterocycles. The van der Waals surface area contributed by atoms with Crippen molar-refractivity contribution in [2.45, 2.75) is 339 Å². The molecule has 7 atom stereocenters. The summed E-state index contributed by atoms with van der Waals surface area (Å²) in [5.41, 5.74) is 0. The average molecular weight is 1000 g/mol. The maximum Gasteiger partial charge on any atom is 0.220 e. The zero-order chi connectivity index (χ0) is 51.5. The molecule has 7 unspecified atom stereocenters. The Hall–Kier alpha value is -1.59. The van der Waals surface area contributed by atoms with Crippen LogP contribution in [0.2, 0.25) is 0 Å². The Balaban J connectivity index is 2.20. The number of carbonyl (C=O) groups excluding carboxylic acids is 1. The van der Waals surface area contributed by atoms with Gasteiger partial charge in [-0.1, -0.05) is 269 Å². The molecular formula is C62H117NO8. The van der Waals surface area contributed by atoms with Crippen molar-refractivity contribution >= 4 is 5.91 Å². The summed E-state index contributed by atoms with van der Waals surface area (Å²) in [7, 11) is 0. The molecule has 418 valence electrons. The van der Waals surface area contributed by atoms with Crippen molar-refractivity contribution in [3.8, 4) is 0 Å². The highest BCUT2D eigenvalue weighted by molar-refractivity contribution is 5.76. The number of allylic oxidation sites excluding steroid dienone is 5. The third kappa shape index (κ3) is 41.4. The summed E-state index contributed by atoms with van der Waals surface area (Å²) < 4.78 is 11.3. The Kier molecular flexibility index (Phi) is 49.3. The summed E-state index contributed by atoms with van der Waals surface area (Å²) in [6.45, 7) is 3.80. The maximum atomic E-state index is 13.1. The number of amides is 1. The van der Waals surface area contributed by atoms with Gasteiger partial charge < -0.3 is 40.3 Å². The van der Waals surface area contributed by atoms with Crippen LogP contribution in [0.4, 0.5) is 0 Å². The van der Waals surface area contributed by atoms with E-state index in [0.29, 0.717) is 6.42 Å². The van der Waals surface area contributed by atoms with Gasteiger partial charge in [-0.05, 0) is 57.8 Å². The highest BCUT2D eigenvalue weighted by Gasteiger charge is 2.44. The first-order valence-corrected chi connectivity index (χ1v) is 30.7. The lowest BCUT2D eigenvalue weighted by atomic mass is 9.99. The standard InChI is InChI=1S/C62H117NO8/c1-3-5-7-9-11-13-15-17-19-21-23-25-26-27-28-29-30-32-34-36-38-40-42-44-46-48-50-52-58(66)63-55(54-70-62-61(69)60(68)59(67)57(53-64)71-62)56(65)51-49-47-45-43-41-39-37-35-33-31-24-22-20-18-16-14-12-10-8-6-4-2/h21,23,41,43,49,51,55-57,59-62,64-65,67-69H,3-20,22,24-40,42,44-48,50,52-54H2,1-2H3,(H,63,66)/b23-21-,43-41+,51-49+. The fourth-order valence-corrected chi connectivity index (χ4v) is 9.82. The normalized spacial score (nSPS) is 19.5. The molecule has 1 amide bonds. The summed E-state index contributed by atoms with van der Waals surface area (Å²) in [5.74, 6) is -0.182. The quantitative estimate of drug-likeness (QED) is 0.0261. The molecule has 1 rings (SSSR count). The van der Waals surface area contributed by atoms with Crippen molar-refractivity contribution in [3.63, 3.8) is 0 Å². The predicted molar refractivity (Wildman–Crippen MR) is 300 cm³/mol. The van der Waals surface area contributed by atoms with E-state index in [9.17, 15) is 30.3 Å². The molecule has 1 aliphatic rings. The van der Waals surface area contributed by atoms with E-state index >= 15 is 0 Å². The lowest BCUT2D eigenvalue weighted by Crippen LogP contribution is -2.60. The largest absolute Gasteiger partial charge is 0.394 e. The second-order valence-electron chi connectivity index (χ2n) is 21.5. The number of aliphatic hydroxyl groups excluding tert-OH is 5. The zero-order valence-corrected chi connectivity index (χ0v) is 46.5. The number of rotatable bonds is 53. The van der Waals surface area contributed by atoms with E-state index in [1.165, 1.54) is 238 Å². The van der Waals surface area contributed by atoms with Crippen molar-refractivity contribution in [1.82, 2.24) is 5.32 Å². The first kappa shape index (κ1) is 67.4. The van der Waals surface area contributed by atoms with Crippen molar-refractivity contribution in [2.75, 3.05) is 13.2 Å². The van der Waals surface area contributed by atoms with Crippen LogP contribution in [0.25, 0.3) is 0 Å². The van der Waals surface area contributed by atoms with Crippen LogP contribution in [0.5, 0.6) is 0 Å². The summed E-state index contributed by atoms with van der Waals surface area (Å²) in [4.78, 5) is 13.1. The fraction of sp³-hybridized carbons (Fsp3) is 0.887. The van der Waals surface area contributed by atoms with Crippen LogP contribution < -0.4 is 5.32 Å². The Labute approximate surface area is 438 Å². The summed E-state index contributed by atoms with van der Waals surface area (Å²) >= 11 is 0. The minimum atomic E-state index is -1.57. The SMILES string of the molecule is CCCCCCCCCC/C=C\CCCCCCCCCCCCCCCCCC(=O)NC(COC1OC(CO)C(O)C(O)C1O)C(O)/C=C/CC/C=C/CCCCCCCCCCCCCCCCC. The van der Waals surface area contributed by atoms with Gasteiger partial charge in [0, 0.05) is 6.42 Å². The average Bonchev–Trinajstić information content (AvgIpc) is 3.37. The molecule has 1 fully saturated rings. The summed E-state index contributed by atoms with van der Waals surface area (Å²) in [6.07, 6.45) is 60.8. The number of aliphatic hydroxyl groups is 5. The van der Waals surface area contributed by atoms with Gasteiger partial charge in [-0.25, -0.2) is 0 Å². The van der Waals surface area contributed by atoms with E-state index in [2.05, 4.69) is 43.5 Å². The number of unbranched alkanes of at least 4 members (excludes halogenated alkanes) is 39. The lowest BCUT2D eigenvalue weighted by molar-refractivity contribution is -0.302. The van der Waals surface area contributed by atoms with E-state index in [4.69, 9.17) is 9.47 Å². The third-order valence-corrected chi connectivity index (χ3v) is 14.7. The van der Waals surface area contributed by atoms with E-state index < -0.39 is 49.5 Å². The number of ether oxygens (including phenoxy) is 2. The molecule has 9 heteroatoms. The molecule has 9 nitrogen and oxygen atoms in total. The van der Waals surface area contributed by atoms with Crippen molar-refractivity contribution < 1.29 is 39.8 Å². The van der Waals surface area contributed by atoms with Crippen LogP contribution in [0.3, 0.4) is 0 Å². The highest BCUT2D eigenvalue weighted by atomic mass is 16.7. The van der Waals surface area contributed by atoms with Gasteiger partial charge >= 0.3 is 0 Å². The lowest BCUT2D eigenvalue weighted by Gasteiger charge is -2.40. The van der Waals surface area contributed by atoms with Gasteiger partial charge in [-0.3, -0.25) is 4.79 Å². The molecule has 0 bridgehead atoms. The first-order chi connectivity index (χ1) is 34.8. The van der Waals surface area contributed by atoms with Crippen molar-refractivity contribution in [1.29, 1.82) is 0 Å². The smallest absolute Gasteiger partial charge is 0.220 e. The van der Waals surface area contributed by atoms with Crippen LogP contribution in [-0.2, 0) is 14.3 Å². The second-order valence-corrected chi connectivity index (χ2v) is 21.5. The number of nitrogens with one attached hydrogen (secondary N) is 1. The van der Waals surface area contributed by atoms with Gasteiger partial charge in [0.05, 0.1) is 25.4 Å². The van der Waals surface area contributed by atoms with E-state index in [0.717, 1.165) is 38.5 Å². The summed E-state index contributed by atoms with van der Waals surface area (Å²) in [5, 5.41) is 54.6. The van der Waals surface area contributed by atoms with Crippen LogP contribution >= 0.6 is 0 Å². The molecule has 1 heterocycles. The van der Waals surface area contributed by atoms with Gasteiger partial charge in [0.15, 0.2) is 6.29 Å². The third-order valence-electron chi connectivity index (χ3n) is 14.7. The van der Waals surface area contributed by atoms with Gasteiger partial charge in [0.1, 0.15) is 24.4 Å². The van der Waals surface area contributed by atoms with E-state index in [-0.39, 0.29) is 12.5 Å². The maximum absolute atomic E-state index is 13.1. The minimum Gasteiger partial charge on any atom is -0.394 e. The van der Waals surface area contributed by atoms with Crippen LogP contribution in [0, 0.1) is 0 Å². The van der Waals surface area contributed by atoms with Crippen molar-refractivity contribution in [3.05, 3.63) is 36.5 Å². The summed E-state index contributed by atoms with van der Waals surface area (Å²) in [6, 6.07) is -0.821. The first-order valence-electron chi connectivity index (χ1n) is 30.7. The van der Waals surface area contributed by atoms with Gasteiger partial charge in [-0.2, -0.15) is 0 Å². The van der Waals surface area contributed by atoms with Crippen LogP contribution in [0.15, 0.2) is 36.5 Å². The topological polar surface area (TPSA) is 149 Å². The Bertz CT molecular complexity index is 1210. The fourth-order valence-electron chi connectivity index (χ4n) is 9.82. The molecule has 0 aromatic carbocycles. The number of hydrogen-bond donors (Lipinski definition) is 6. The molecule has 0 aromatic heterocycles. The highest BCUT2D eigenvalue weighted by Crippen LogP contribution is 2.23. The second kappa shape index (κ2) is 51.9. The van der Waals surface area contributed by atoms with Gasteiger partial charge in [-0.15, -0.1) is 0 Å². The van der Waals surface area contributed by atoms with Crippen LogP contribution in [-0.4, -0.2) is 87.5 Å². The van der Waals surface area contributed by atoms with Crippen LogP contribution in [0.1, 0.15) is 296 Å². The molecule has 0 radical (unpaired) electrons. The molecule has 0 aromatic rings. The number of carbonyl (C=O) groups is 1. The van der Waals surface area contributed by atoms with E-state index in [1.807, 2.05) is 6.08 Å². The monoisotopic (exact) mass is 1000 g/mol. The molecule has 0 aliphatic carbocycles. The molecule has 0 spiro atoms. The number of hydrogen-bond acceptors (Lipinski definition) is 8. The molecular weight excluding hydrogens is 887 g/mol. The zero-order valence-electron chi connectivity index (χ0n) is 46.5. The molecule has 71 heavy (non-hydrogen) atoms. The molecule has 6 N–H and O–H groups in total. The van der Waals surface area contributed by atoms with Gasteiger partial charge in [0.25, 0.3) is 0 Å². The Morgan fingerprint density at radius 2 is 0.803 bits per heavy atom. The van der Waals surface area contributed by atoms with Crippen molar-refractivity contribution in [2.24, 2.45) is 0 Å². The van der Waals surface area contributed by atoms with E-state index in [1.54, 1.807) is 6.08 Å². The molecule has 1 aliphatic heterocycles. The Morgan fingerprint density at radius 1 is 0.465 bits per heavy atom. The minimum absolute atomic E-state index is 0.182. The Morgan fingerprint density at radius 3 is 1.18 bits per heavy atom.